The minimum absolute atomic E-state index is 0.0322. The van der Waals surface area contributed by atoms with Crippen molar-refractivity contribution in [2.45, 2.75) is 32.1 Å². The summed E-state index contributed by atoms with van der Waals surface area (Å²) in [4.78, 5) is 31.4. The van der Waals surface area contributed by atoms with Crippen molar-refractivity contribution in [2.75, 3.05) is 26.2 Å². The highest BCUT2D eigenvalue weighted by molar-refractivity contribution is 5.92. The molecule has 114 valence electrons. The van der Waals surface area contributed by atoms with E-state index in [4.69, 9.17) is 0 Å². The minimum Gasteiger partial charge on any atom is -0.357 e. The zero-order valence-electron chi connectivity index (χ0n) is 12.4. The fraction of sp³-hybridized carbons (Fsp3) is 0.625. The summed E-state index contributed by atoms with van der Waals surface area (Å²) in [5.74, 6) is 0.566. The van der Waals surface area contributed by atoms with E-state index in [-0.39, 0.29) is 11.8 Å². The van der Waals surface area contributed by atoms with Gasteiger partial charge in [0.25, 0.3) is 5.91 Å². The van der Waals surface area contributed by atoms with Gasteiger partial charge in [0, 0.05) is 38.3 Å². The Morgan fingerprint density at radius 2 is 1.67 bits per heavy atom. The minimum atomic E-state index is 0.0322. The van der Waals surface area contributed by atoms with Gasteiger partial charge in [-0.15, -0.1) is 0 Å². The van der Waals surface area contributed by atoms with Crippen LogP contribution >= 0.6 is 0 Å². The largest absolute Gasteiger partial charge is 0.357 e. The van der Waals surface area contributed by atoms with Gasteiger partial charge in [0.1, 0.15) is 5.69 Å². The molecular weight excluding hydrogens is 266 g/mol. The van der Waals surface area contributed by atoms with Crippen molar-refractivity contribution in [3.05, 3.63) is 24.0 Å². The van der Waals surface area contributed by atoms with Crippen LogP contribution < -0.4 is 0 Å². The zero-order valence-corrected chi connectivity index (χ0v) is 12.4. The first-order valence-corrected chi connectivity index (χ1v) is 7.97. The van der Waals surface area contributed by atoms with E-state index in [2.05, 4.69) is 4.98 Å². The van der Waals surface area contributed by atoms with Crippen LogP contribution in [0, 0.1) is 5.92 Å². The first kappa shape index (κ1) is 14.2. The van der Waals surface area contributed by atoms with Gasteiger partial charge in [0.05, 0.1) is 0 Å². The second kappa shape index (κ2) is 6.33. The number of rotatable bonds is 2. The van der Waals surface area contributed by atoms with Crippen LogP contribution in [0.4, 0.5) is 0 Å². The first-order valence-electron chi connectivity index (χ1n) is 7.97. The lowest BCUT2D eigenvalue weighted by Crippen LogP contribution is -2.52. The third-order valence-corrected chi connectivity index (χ3v) is 4.66. The second-order valence-corrected chi connectivity index (χ2v) is 6.04. The maximum Gasteiger partial charge on any atom is 0.270 e. The van der Waals surface area contributed by atoms with Gasteiger partial charge < -0.3 is 14.8 Å². The van der Waals surface area contributed by atoms with Gasteiger partial charge in [-0.1, -0.05) is 19.3 Å². The lowest BCUT2D eigenvalue weighted by molar-refractivity contribution is -0.138. The number of carbonyl (C=O) groups is 2. The Labute approximate surface area is 125 Å². The summed E-state index contributed by atoms with van der Waals surface area (Å²) in [7, 11) is 0. The van der Waals surface area contributed by atoms with Crippen molar-refractivity contribution < 1.29 is 9.59 Å². The average Bonchev–Trinajstić information content (AvgIpc) is 3.09. The van der Waals surface area contributed by atoms with Crippen molar-refractivity contribution in [1.82, 2.24) is 14.8 Å². The normalized spacial score (nSPS) is 20.6. The van der Waals surface area contributed by atoms with Crippen LogP contribution in [0.1, 0.15) is 42.6 Å². The van der Waals surface area contributed by atoms with E-state index >= 15 is 0 Å². The summed E-state index contributed by atoms with van der Waals surface area (Å²) in [5.41, 5.74) is 0.627. The molecule has 0 bridgehead atoms. The quantitative estimate of drug-likeness (QED) is 0.903. The molecular formula is C16H23N3O2. The van der Waals surface area contributed by atoms with E-state index in [9.17, 15) is 9.59 Å². The molecule has 1 saturated heterocycles. The highest BCUT2D eigenvalue weighted by atomic mass is 16.2. The molecule has 2 amide bonds. The Morgan fingerprint density at radius 3 is 2.29 bits per heavy atom. The zero-order chi connectivity index (χ0) is 14.7. The van der Waals surface area contributed by atoms with E-state index in [0.29, 0.717) is 37.8 Å². The molecule has 0 spiro atoms. The topological polar surface area (TPSA) is 56.4 Å². The maximum absolute atomic E-state index is 12.5. The summed E-state index contributed by atoms with van der Waals surface area (Å²) in [6.45, 7) is 2.61. The van der Waals surface area contributed by atoms with Crippen LogP contribution in [-0.4, -0.2) is 52.8 Å². The fourth-order valence-electron chi connectivity index (χ4n) is 3.37. The van der Waals surface area contributed by atoms with Crippen molar-refractivity contribution >= 4 is 11.8 Å². The van der Waals surface area contributed by atoms with E-state index in [0.717, 1.165) is 12.8 Å². The van der Waals surface area contributed by atoms with Crippen molar-refractivity contribution in [3.63, 3.8) is 0 Å². The molecule has 1 aromatic rings. The molecule has 3 rings (SSSR count). The number of nitrogens with zero attached hydrogens (tertiary/aromatic N) is 2. The number of H-pyrrole nitrogens is 1. The number of hydrogen-bond donors (Lipinski definition) is 1. The van der Waals surface area contributed by atoms with Gasteiger partial charge in [-0.3, -0.25) is 9.59 Å². The predicted octanol–water partition coefficient (Wildman–Crippen LogP) is 1.88. The summed E-state index contributed by atoms with van der Waals surface area (Å²) in [5, 5.41) is 0. The van der Waals surface area contributed by atoms with Gasteiger partial charge >= 0.3 is 0 Å². The Kier molecular flexibility index (Phi) is 4.27. The number of amides is 2. The summed E-state index contributed by atoms with van der Waals surface area (Å²) in [6, 6.07) is 3.62. The lowest BCUT2D eigenvalue weighted by atomic mass is 9.88. The molecule has 1 saturated carbocycles. The van der Waals surface area contributed by atoms with E-state index in [1.807, 2.05) is 15.9 Å². The van der Waals surface area contributed by atoms with Gasteiger partial charge in [-0.05, 0) is 25.0 Å². The number of piperazine rings is 1. The Bertz CT molecular complexity index is 484. The molecule has 1 aliphatic heterocycles. The summed E-state index contributed by atoms with van der Waals surface area (Å²) >= 11 is 0. The molecule has 1 aliphatic carbocycles. The Morgan fingerprint density at radius 1 is 1.00 bits per heavy atom. The molecule has 2 heterocycles. The third-order valence-electron chi connectivity index (χ3n) is 4.66. The van der Waals surface area contributed by atoms with E-state index in [1.165, 1.54) is 19.3 Å². The monoisotopic (exact) mass is 289 g/mol. The number of carbonyl (C=O) groups excluding carboxylic acids is 2. The van der Waals surface area contributed by atoms with Gasteiger partial charge in [0.15, 0.2) is 0 Å². The second-order valence-electron chi connectivity index (χ2n) is 6.04. The van der Waals surface area contributed by atoms with E-state index in [1.54, 1.807) is 12.3 Å². The van der Waals surface area contributed by atoms with Crippen molar-refractivity contribution in [2.24, 2.45) is 5.92 Å². The summed E-state index contributed by atoms with van der Waals surface area (Å²) < 4.78 is 0. The van der Waals surface area contributed by atoms with Crippen LogP contribution in [0.3, 0.4) is 0 Å². The predicted molar refractivity (Wildman–Crippen MR) is 79.9 cm³/mol. The van der Waals surface area contributed by atoms with Gasteiger partial charge in [0.2, 0.25) is 5.91 Å². The highest BCUT2D eigenvalue weighted by Gasteiger charge is 2.29. The third kappa shape index (κ3) is 3.12. The molecule has 0 atom stereocenters. The Balaban J connectivity index is 1.52. The molecule has 0 aromatic carbocycles. The average molecular weight is 289 g/mol. The maximum atomic E-state index is 12.5. The first-order chi connectivity index (χ1) is 10.3. The van der Waals surface area contributed by atoms with Crippen molar-refractivity contribution in [1.29, 1.82) is 0 Å². The molecule has 2 fully saturated rings. The molecule has 1 N–H and O–H groups in total. The van der Waals surface area contributed by atoms with Crippen LogP contribution in [-0.2, 0) is 4.79 Å². The Hall–Kier alpha value is -1.78. The lowest BCUT2D eigenvalue weighted by Gasteiger charge is -2.37. The summed E-state index contributed by atoms with van der Waals surface area (Å²) in [6.07, 6.45) is 7.47. The number of nitrogens with one attached hydrogen (secondary N) is 1. The molecule has 0 unspecified atom stereocenters. The molecule has 21 heavy (non-hydrogen) atoms. The van der Waals surface area contributed by atoms with Crippen LogP contribution in [0.2, 0.25) is 0 Å². The molecule has 1 aromatic heterocycles. The molecule has 5 heteroatoms. The van der Waals surface area contributed by atoms with Gasteiger partial charge in [-0.2, -0.15) is 0 Å². The molecule has 2 aliphatic rings. The molecule has 0 radical (unpaired) electrons. The fourth-order valence-corrected chi connectivity index (χ4v) is 3.37. The van der Waals surface area contributed by atoms with E-state index < -0.39 is 0 Å². The molecule has 5 nitrogen and oxygen atoms in total. The smallest absolute Gasteiger partial charge is 0.270 e. The van der Waals surface area contributed by atoms with Crippen molar-refractivity contribution in [3.8, 4) is 0 Å². The standard InChI is InChI=1S/C16H23N3O2/c20-15(13-5-2-1-3-6-13)18-9-11-19(12-10-18)16(21)14-7-4-8-17-14/h4,7-8,13,17H,1-3,5-6,9-12H2. The van der Waals surface area contributed by atoms with Gasteiger partial charge in [-0.25, -0.2) is 0 Å². The van der Waals surface area contributed by atoms with Crippen LogP contribution in [0.5, 0.6) is 0 Å². The highest BCUT2D eigenvalue weighted by Crippen LogP contribution is 2.25. The van der Waals surface area contributed by atoms with Crippen LogP contribution in [0.15, 0.2) is 18.3 Å². The van der Waals surface area contributed by atoms with Crippen LogP contribution in [0.25, 0.3) is 0 Å². The number of hydrogen-bond acceptors (Lipinski definition) is 2. The number of aromatic nitrogens is 1. The number of aromatic amines is 1. The SMILES string of the molecule is O=C(c1ccc[nH]1)N1CCN(C(=O)C2CCCCC2)CC1.